The van der Waals surface area contributed by atoms with Gasteiger partial charge in [0.25, 0.3) is 0 Å². The largest absolute Gasteiger partial charge is 0.329 e. The minimum absolute atomic E-state index is 0.801. The van der Waals surface area contributed by atoms with Gasteiger partial charge in [0.2, 0.25) is 0 Å². The van der Waals surface area contributed by atoms with Crippen molar-refractivity contribution < 1.29 is 0 Å². The van der Waals surface area contributed by atoms with E-state index in [0.717, 1.165) is 30.8 Å². The lowest BCUT2D eigenvalue weighted by atomic mass is 9.67. The second-order valence-corrected chi connectivity index (χ2v) is 6.03. The zero-order valence-corrected chi connectivity index (χ0v) is 10.8. The van der Waals surface area contributed by atoms with Crippen LogP contribution >= 0.6 is 0 Å². The Morgan fingerprint density at radius 1 is 1.06 bits per heavy atom. The molecule has 3 unspecified atom stereocenters. The molecule has 2 aliphatic rings. The molecule has 0 aromatic carbocycles. The van der Waals surface area contributed by atoms with Gasteiger partial charge in [-0.3, -0.25) is 0 Å². The van der Waals surface area contributed by atoms with Crippen LogP contribution in [0, 0.1) is 17.8 Å². The van der Waals surface area contributed by atoms with Gasteiger partial charge in [0.15, 0.2) is 0 Å². The fraction of sp³-hybridized carbons (Fsp3) is 1.00. The molecule has 0 heterocycles. The number of nitrogens with two attached hydrogens (primary N) is 1. The number of hydrogen-bond acceptors (Lipinski definition) is 2. The van der Waals surface area contributed by atoms with Crippen LogP contribution in [0.5, 0.6) is 0 Å². The van der Waals surface area contributed by atoms with E-state index >= 15 is 0 Å². The Kier molecular flexibility index (Phi) is 4.66. The summed E-state index contributed by atoms with van der Waals surface area (Å²) in [7, 11) is 2.22. The normalized spacial score (nSPS) is 35.1. The summed E-state index contributed by atoms with van der Waals surface area (Å²) in [5.41, 5.74) is 5.60. The maximum absolute atomic E-state index is 5.60. The Balaban J connectivity index is 1.76. The van der Waals surface area contributed by atoms with Gasteiger partial charge in [-0.25, -0.2) is 0 Å². The Bertz CT molecular complexity index is 205. The maximum atomic E-state index is 5.60. The van der Waals surface area contributed by atoms with Crippen LogP contribution in [0.1, 0.15) is 44.9 Å². The van der Waals surface area contributed by atoms with Gasteiger partial charge in [0, 0.05) is 19.6 Å². The topological polar surface area (TPSA) is 29.3 Å². The van der Waals surface area contributed by atoms with Crippen LogP contribution in [0.25, 0.3) is 0 Å². The molecule has 2 rings (SSSR count). The predicted octanol–water partition coefficient (Wildman–Crippen LogP) is 2.48. The third kappa shape index (κ3) is 3.21. The van der Waals surface area contributed by atoms with E-state index in [1.54, 1.807) is 0 Å². The van der Waals surface area contributed by atoms with Gasteiger partial charge in [-0.2, -0.15) is 0 Å². The average molecular weight is 224 g/mol. The predicted molar refractivity (Wildman–Crippen MR) is 69.3 cm³/mol. The van der Waals surface area contributed by atoms with E-state index in [9.17, 15) is 0 Å². The lowest BCUT2D eigenvalue weighted by Crippen LogP contribution is -2.35. The SMILES string of the molecule is CN(CCN)CC1CCC2CCCCC2C1. The molecule has 0 saturated heterocycles. The molecule has 0 spiro atoms. The third-order valence-corrected chi connectivity index (χ3v) is 4.73. The molecule has 0 bridgehead atoms. The minimum Gasteiger partial charge on any atom is -0.329 e. The molecule has 94 valence electrons. The van der Waals surface area contributed by atoms with Crippen LogP contribution < -0.4 is 5.73 Å². The van der Waals surface area contributed by atoms with Crippen molar-refractivity contribution in [3.05, 3.63) is 0 Å². The first-order chi connectivity index (χ1) is 7.79. The molecule has 2 fully saturated rings. The summed E-state index contributed by atoms with van der Waals surface area (Å²) in [6.45, 7) is 3.14. The molecule has 2 N–H and O–H groups in total. The highest BCUT2D eigenvalue weighted by Gasteiger charge is 2.32. The lowest BCUT2D eigenvalue weighted by molar-refractivity contribution is 0.110. The number of fused-ring (bicyclic) bond motifs is 1. The number of rotatable bonds is 4. The Morgan fingerprint density at radius 2 is 1.81 bits per heavy atom. The molecule has 16 heavy (non-hydrogen) atoms. The van der Waals surface area contributed by atoms with E-state index in [1.165, 1.54) is 51.5 Å². The number of hydrogen-bond donors (Lipinski definition) is 1. The van der Waals surface area contributed by atoms with Crippen molar-refractivity contribution >= 4 is 0 Å². The van der Waals surface area contributed by atoms with Crippen LogP contribution in [0.4, 0.5) is 0 Å². The highest BCUT2D eigenvalue weighted by molar-refractivity contribution is 4.84. The van der Waals surface area contributed by atoms with E-state index in [1.807, 2.05) is 0 Å². The first-order valence-corrected chi connectivity index (χ1v) is 7.18. The van der Waals surface area contributed by atoms with Crippen molar-refractivity contribution in [2.24, 2.45) is 23.5 Å². The molecule has 0 aliphatic heterocycles. The lowest BCUT2D eigenvalue weighted by Gasteiger charge is -2.40. The molecule has 2 heteroatoms. The number of nitrogens with zero attached hydrogens (tertiary/aromatic N) is 1. The summed E-state index contributed by atoms with van der Waals surface area (Å²) in [6, 6.07) is 0. The molecule has 0 radical (unpaired) electrons. The molecule has 2 aliphatic carbocycles. The van der Waals surface area contributed by atoms with Crippen molar-refractivity contribution in [3.63, 3.8) is 0 Å². The summed E-state index contributed by atoms with van der Waals surface area (Å²) in [5.74, 6) is 3.11. The maximum Gasteiger partial charge on any atom is 0.0102 e. The van der Waals surface area contributed by atoms with Crippen LogP contribution in [-0.2, 0) is 0 Å². The zero-order chi connectivity index (χ0) is 11.4. The van der Waals surface area contributed by atoms with Crippen molar-refractivity contribution in [3.8, 4) is 0 Å². The van der Waals surface area contributed by atoms with Crippen molar-refractivity contribution in [1.29, 1.82) is 0 Å². The summed E-state index contributed by atoms with van der Waals surface area (Å²) in [4.78, 5) is 2.42. The van der Waals surface area contributed by atoms with Crippen molar-refractivity contribution in [1.82, 2.24) is 4.90 Å². The van der Waals surface area contributed by atoms with Gasteiger partial charge in [-0.15, -0.1) is 0 Å². The first-order valence-electron chi connectivity index (χ1n) is 7.18. The average Bonchev–Trinajstić information content (AvgIpc) is 2.29. The van der Waals surface area contributed by atoms with Crippen LogP contribution in [0.3, 0.4) is 0 Å². The standard InChI is InChI=1S/C14H28N2/c1-16(9-8-15)11-12-6-7-13-4-2-3-5-14(13)10-12/h12-14H,2-11,15H2,1H3. The third-order valence-electron chi connectivity index (χ3n) is 4.73. The summed E-state index contributed by atoms with van der Waals surface area (Å²) in [6.07, 6.45) is 10.5. The number of likely N-dealkylation sites (N-methyl/N-ethyl adjacent to an activating group) is 1. The van der Waals surface area contributed by atoms with Gasteiger partial charge in [-0.05, 0) is 44.1 Å². The molecule has 0 aromatic rings. The quantitative estimate of drug-likeness (QED) is 0.795. The van der Waals surface area contributed by atoms with Gasteiger partial charge in [0.05, 0.1) is 0 Å². The van der Waals surface area contributed by atoms with Gasteiger partial charge < -0.3 is 10.6 Å². The molecular formula is C14H28N2. The molecule has 0 amide bonds. The Hall–Kier alpha value is -0.0800. The van der Waals surface area contributed by atoms with E-state index in [-0.39, 0.29) is 0 Å². The molecule has 2 saturated carbocycles. The van der Waals surface area contributed by atoms with E-state index in [0.29, 0.717) is 0 Å². The second kappa shape index (κ2) is 6.02. The minimum atomic E-state index is 0.801. The van der Waals surface area contributed by atoms with E-state index in [4.69, 9.17) is 5.73 Å². The fourth-order valence-electron chi connectivity index (χ4n) is 3.89. The fourth-order valence-corrected chi connectivity index (χ4v) is 3.89. The van der Waals surface area contributed by atoms with E-state index in [2.05, 4.69) is 11.9 Å². The zero-order valence-electron chi connectivity index (χ0n) is 10.8. The second-order valence-electron chi connectivity index (χ2n) is 6.03. The van der Waals surface area contributed by atoms with Crippen LogP contribution in [0.2, 0.25) is 0 Å². The van der Waals surface area contributed by atoms with Gasteiger partial charge in [-0.1, -0.05) is 25.7 Å². The van der Waals surface area contributed by atoms with E-state index < -0.39 is 0 Å². The van der Waals surface area contributed by atoms with Crippen molar-refractivity contribution in [2.75, 3.05) is 26.7 Å². The highest BCUT2D eigenvalue weighted by Crippen LogP contribution is 2.42. The highest BCUT2D eigenvalue weighted by atomic mass is 15.1. The van der Waals surface area contributed by atoms with Gasteiger partial charge in [0.1, 0.15) is 0 Å². The van der Waals surface area contributed by atoms with Crippen LogP contribution in [0.15, 0.2) is 0 Å². The Morgan fingerprint density at radius 3 is 2.56 bits per heavy atom. The molecule has 2 nitrogen and oxygen atoms in total. The summed E-state index contributed by atoms with van der Waals surface area (Å²) < 4.78 is 0. The summed E-state index contributed by atoms with van der Waals surface area (Å²) in [5, 5.41) is 0. The first kappa shape index (κ1) is 12.4. The van der Waals surface area contributed by atoms with Gasteiger partial charge >= 0.3 is 0 Å². The monoisotopic (exact) mass is 224 g/mol. The molecule has 0 aromatic heterocycles. The molecular weight excluding hydrogens is 196 g/mol. The molecule has 3 atom stereocenters. The Labute approximate surface area is 101 Å². The van der Waals surface area contributed by atoms with Crippen molar-refractivity contribution in [2.45, 2.75) is 44.9 Å². The smallest absolute Gasteiger partial charge is 0.0102 e. The summed E-state index contributed by atoms with van der Waals surface area (Å²) >= 11 is 0. The van der Waals surface area contributed by atoms with Crippen LogP contribution in [-0.4, -0.2) is 31.6 Å².